The molecule has 0 atom stereocenters. The molecule has 2 aromatic carbocycles. The summed E-state index contributed by atoms with van der Waals surface area (Å²) in [5.41, 5.74) is 6.62. The van der Waals surface area contributed by atoms with Crippen molar-refractivity contribution in [3.63, 3.8) is 0 Å². The number of rotatable bonds is 4. The molecule has 2 rings (SSSR count). The molecular formula is C14H12ClN3O3. The van der Waals surface area contributed by atoms with Crippen LogP contribution in [0.25, 0.3) is 0 Å². The van der Waals surface area contributed by atoms with Gasteiger partial charge in [-0.3, -0.25) is 14.9 Å². The summed E-state index contributed by atoms with van der Waals surface area (Å²) < 4.78 is 0. The lowest BCUT2D eigenvalue weighted by Crippen LogP contribution is -2.24. The number of carbonyl (C=O) groups excluding carboxylic acids is 1. The van der Waals surface area contributed by atoms with Gasteiger partial charge in [-0.15, -0.1) is 0 Å². The summed E-state index contributed by atoms with van der Waals surface area (Å²) in [5, 5.41) is 13.9. The van der Waals surface area contributed by atoms with Crippen molar-refractivity contribution in [1.29, 1.82) is 0 Å². The first-order chi connectivity index (χ1) is 9.99. The minimum absolute atomic E-state index is 0.0397. The topological polar surface area (TPSA) is 98.3 Å². The molecule has 0 aliphatic heterocycles. The van der Waals surface area contributed by atoms with Crippen LogP contribution in [0, 0.1) is 10.1 Å². The maximum absolute atomic E-state index is 12.0. The van der Waals surface area contributed by atoms with Crippen LogP contribution < -0.4 is 11.1 Å². The minimum atomic E-state index is -0.488. The van der Waals surface area contributed by atoms with Crippen LogP contribution in [0.2, 0.25) is 5.02 Å². The van der Waals surface area contributed by atoms with Crippen LogP contribution in [0.3, 0.4) is 0 Å². The summed E-state index contributed by atoms with van der Waals surface area (Å²) in [4.78, 5) is 22.4. The summed E-state index contributed by atoms with van der Waals surface area (Å²) in [5.74, 6) is -0.415. The molecule has 0 fully saturated rings. The molecule has 0 heterocycles. The van der Waals surface area contributed by atoms with Crippen molar-refractivity contribution < 1.29 is 9.72 Å². The van der Waals surface area contributed by atoms with Crippen molar-refractivity contribution in [1.82, 2.24) is 5.32 Å². The number of anilines is 1. The second-order valence-electron chi connectivity index (χ2n) is 4.30. The molecule has 0 unspecified atom stereocenters. The zero-order valence-electron chi connectivity index (χ0n) is 10.9. The predicted molar refractivity (Wildman–Crippen MR) is 80.1 cm³/mol. The third-order valence-corrected chi connectivity index (χ3v) is 3.12. The number of nitrogen functional groups attached to an aromatic ring is 1. The maximum Gasteiger partial charge on any atom is 0.274 e. The van der Waals surface area contributed by atoms with Gasteiger partial charge in [-0.1, -0.05) is 29.8 Å². The number of hydrogen-bond donors (Lipinski definition) is 2. The van der Waals surface area contributed by atoms with E-state index in [1.165, 1.54) is 18.2 Å². The Morgan fingerprint density at radius 2 is 2.00 bits per heavy atom. The zero-order valence-corrected chi connectivity index (χ0v) is 11.6. The molecule has 0 radical (unpaired) electrons. The highest BCUT2D eigenvalue weighted by Gasteiger charge is 2.14. The smallest absolute Gasteiger partial charge is 0.274 e. The molecule has 0 bridgehead atoms. The Balaban J connectivity index is 2.13. The summed E-state index contributed by atoms with van der Waals surface area (Å²) >= 11 is 5.76. The molecule has 0 saturated carbocycles. The molecule has 7 heteroatoms. The first kappa shape index (κ1) is 14.8. The van der Waals surface area contributed by atoms with Gasteiger partial charge in [0.25, 0.3) is 11.6 Å². The van der Waals surface area contributed by atoms with E-state index in [2.05, 4.69) is 5.32 Å². The molecule has 3 N–H and O–H groups in total. The molecule has 0 aromatic heterocycles. The number of nitrogens with two attached hydrogens (primary N) is 1. The van der Waals surface area contributed by atoms with E-state index in [9.17, 15) is 14.9 Å². The molecule has 108 valence electrons. The van der Waals surface area contributed by atoms with Gasteiger partial charge in [-0.25, -0.2) is 0 Å². The van der Waals surface area contributed by atoms with Crippen LogP contribution in [-0.4, -0.2) is 10.8 Å². The summed E-state index contributed by atoms with van der Waals surface area (Å²) in [6.45, 7) is 0.0397. The lowest BCUT2D eigenvalue weighted by Gasteiger charge is -2.08. The van der Waals surface area contributed by atoms with Gasteiger partial charge >= 0.3 is 0 Å². The lowest BCUT2D eigenvalue weighted by atomic mass is 10.1. The molecular weight excluding hydrogens is 294 g/mol. The number of halogens is 1. The monoisotopic (exact) mass is 305 g/mol. The largest absolute Gasteiger partial charge is 0.398 e. The zero-order chi connectivity index (χ0) is 15.4. The average molecular weight is 306 g/mol. The number of benzene rings is 2. The number of nitro benzene ring substituents is 1. The van der Waals surface area contributed by atoms with Gasteiger partial charge in [0.15, 0.2) is 0 Å². The van der Waals surface area contributed by atoms with E-state index in [1.54, 1.807) is 24.3 Å². The van der Waals surface area contributed by atoms with Crippen LogP contribution in [0.1, 0.15) is 15.9 Å². The third-order valence-electron chi connectivity index (χ3n) is 2.89. The Bertz CT molecular complexity index is 704. The number of amides is 1. The maximum atomic E-state index is 12.0. The van der Waals surface area contributed by atoms with E-state index in [0.29, 0.717) is 10.6 Å². The standard InChI is InChI=1S/C14H12ClN3O3/c15-10-5-6-11(12(16)7-10)14(19)17-8-9-3-1-2-4-13(9)18(20)21/h1-7H,8,16H2,(H,17,19). The van der Waals surface area contributed by atoms with Crippen LogP contribution in [0.5, 0.6) is 0 Å². The highest BCUT2D eigenvalue weighted by Crippen LogP contribution is 2.19. The fraction of sp³-hybridized carbons (Fsp3) is 0.0714. The minimum Gasteiger partial charge on any atom is -0.398 e. The van der Waals surface area contributed by atoms with Crippen molar-refractivity contribution in [2.45, 2.75) is 6.54 Å². The second-order valence-corrected chi connectivity index (χ2v) is 4.74. The normalized spacial score (nSPS) is 10.1. The van der Waals surface area contributed by atoms with Crippen LogP contribution in [-0.2, 0) is 6.54 Å². The highest BCUT2D eigenvalue weighted by atomic mass is 35.5. The van der Waals surface area contributed by atoms with Crippen molar-refractivity contribution in [3.8, 4) is 0 Å². The van der Waals surface area contributed by atoms with E-state index in [0.717, 1.165) is 0 Å². The van der Waals surface area contributed by atoms with Gasteiger partial charge in [0.1, 0.15) is 0 Å². The van der Waals surface area contributed by atoms with Gasteiger partial charge in [-0.2, -0.15) is 0 Å². The van der Waals surface area contributed by atoms with Crippen molar-refractivity contribution in [3.05, 3.63) is 68.7 Å². The van der Waals surface area contributed by atoms with Gasteiger partial charge in [0, 0.05) is 28.9 Å². The van der Waals surface area contributed by atoms with Crippen molar-refractivity contribution in [2.75, 3.05) is 5.73 Å². The van der Waals surface area contributed by atoms with Crippen LogP contribution in [0.4, 0.5) is 11.4 Å². The average Bonchev–Trinajstić information content (AvgIpc) is 2.45. The SMILES string of the molecule is Nc1cc(Cl)ccc1C(=O)NCc1ccccc1[N+](=O)[O-]. The van der Waals surface area contributed by atoms with E-state index >= 15 is 0 Å². The molecule has 0 spiro atoms. The predicted octanol–water partition coefficient (Wildman–Crippen LogP) is 2.76. The van der Waals surface area contributed by atoms with E-state index in [1.807, 2.05) is 0 Å². The molecule has 0 aliphatic rings. The van der Waals surface area contributed by atoms with Gasteiger partial charge in [-0.05, 0) is 18.2 Å². The van der Waals surface area contributed by atoms with Crippen LogP contribution >= 0.6 is 11.6 Å². The molecule has 0 saturated heterocycles. The van der Waals surface area contributed by atoms with E-state index in [4.69, 9.17) is 17.3 Å². The van der Waals surface area contributed by atoms with Gasteiger partial charge in [0.05, 0.1) is 10.5 Å². The van der Waals surface area contributed by atoms with Gasteiger partial charge < -0.3 is 11.1 Å². The van der Waals surface area contributed by atoms with E-state index in [-0.39, 0.29) is 23.5 Å². The third kappa shape index (κ3) is 3.49. The molecule has 2 aromatic rings. The number of para-hydroxylation sites is 1. The summed E-state index contributed by atoms with van der Waals surface area (Å²) in [6, 6.07) is 10.7. The summed E-state index contributed by atoms with van der Waals surface area (Å²) in [7, 11) is 0. The van der Waals surface area contributed by atoms with Crippen LogP contribution in [0.15, 0.2) is 42.5 Å². The molecule has 21 heavy (non-hydrogen) atoms. The Morgan fingerprint density at radius 1 is 1.29 bits per heavy atom. The number of nitrogens with zero attached hydrogens (tertiary/aromatic N) is 1. The Hall–Kier alpha value is -2.60. The Kier molecular flexibility index (Phi) is 4.39. The fourth-order valence-electron chi connectivity index (χ4n) is 1.85. The second kappa shape index (κ2) is 6.23. The Morgan fingerprint density at radius 3 is 2.67 bits per heavy atom. The lowest BCUT2D eigenvalue weighted by molar-refractivity contribution is -0.385. The quantitative estimate of drug-likeness (QED) is 0.515. The summed E-state index contributed by atoms with van der Waals surface area (Å²) in [6.07, 6.45) is 0. The number of carbonyl (C=O) groups is 1. The van der Waals surface area contributed by atoms with Crippen molar-refractivity contribution >= 4 is 28.9 Å². The Labute approximate surface area is 125 Å². The number of hydrogen-bond acceptors (Lipinski definition) is 4. The van der Waals surface area contributed by atoms with Gasteiger partial charge in [0.2, 0.25) is 0 Å². The fourth-order valence-corrected chi connectivity index (χ4v) is 2.03. The number of nitro groups is 1. The van der Waals surface area contributed by atoms with Crippen molar-refractivity contribution in [2.24, 2.45) is 0 Å². The first-order valence-electron chi connectivity index (χ1n) is 6.04. The number of nitrogens with one attached hydrogen (secondary N) is 1. The molecule has 0 aliphatic carbocycles. The highest BCUT2D eigenvalue weighted by molar-refractivity contribution is 6.31. The first-order valence-corrected chi connectivity index (χ1v) is 6.42. The molecule has 6 nitrogen and oxygen atoms in total. The molecule has 1 amide bonds. The van der Waals surface area contributed by atoms with E-state index < -0.39 is 10.8 Å².